The molecule has 3 heteroatoms. The fourth-order valence-corrected chi connectivity index (χ4v) is 7.59. The summed E-state index contributed by atoms with van der Waals surface area (Å²) in [4.78, 5) is 0. The van der Waals surface area contributed by atoms with E-state index < -0.39 is 0 Å². The highest BCUT2D eigenvalue weighted by Gasteiger charge is 2.23. The quantitative estimate of drug-likeness (QED) is 0.205. The third kappa shape index (κ3) is 3.52. The molecule has 1 aliphatic rings. The van der Waals surface area contributed by atoms with Gasteiger partial charge in [0.1, 0.15) is 11.2 Å². The number of nitrogens with zero attached hydrogens (tertiary/aromatic N) is 2. The maximum Gasteiger partial charge on any atom is 0.145 e. The lowest BCUT2D eigenvalue weighted by Gasteiger charge is -2.11. The second-order valence-electron chi connectivity index (χ2n) is 12.0. The molecule has 3 heterocycles. The predicted octanol–water partition coefficient (Wildman–Crippen LogP) is 11.3. The third-order valence-corrected chi connectivity index (χ3v) is 9.58. The lowest BCUT2D eigenvalue weighted by molar-refractivity contribution is 0.672. The summed E-state index contributed by atoms with van der Waals surface area (Å²) in [5.41, 5.74) is 12.9. The summed E-state index contributed by atoms with van der Waals surface area (Å²) < 4.78 is 11.5. The molecule has 0 spiro atoms. The van der Waals surface area contributed by atoms with Gasteiger partial charge in [-0.15, -0.1) is 0 Å². The number of furan rings is 1. The number of aryl methyl sites for hydroxylation is 1. The molecule has 0 fully saturated rings. The summed E-state index contributed by atoms with van der Waals surface area (Å²) >= 11 is 0. The van der Waals surface area contributed by atoms with Crippen LogP contribution in [0.2, 0.25) is 0 Å². The van der Waals surface area contributed by atoms with Crippen LogP contribution in [-0.2, 0) is 6.42 Å². The molecule has 1 aliphatic carbocycles. The summed E-state index contributed by atoms with van der Waals surface area (Å²) in [7, 11) is 0. The Balaban J connectivity index is 1.22. The van der Waals surface area contributed by atoms with Gasteiger partial charge in [-0.25, -0.2) is 0 Å². The largest absolute Gasteiger partial charge is 0.455 e. The molecule has 6 aromatic carbocycles. The summed E-state index contributed by atoms with van der Waals surface area (Å²) in [6.45, 7) is 0. The molecule has 0 radical (unpaired) electrons. The van der Waals surface area contributed by atoms with Crippen LogP contribution in [0.15, 0.2) is 144 Å². The van der Waals surface area contributed by atoms with Crippen molar-refractivity contribution >= 4 is 60.7 Å². The second kappa shape index (κ2) is 9.35. The average Bonchev–Trinajstić information content (AvgIpc) is 3.76. The summed E-state index contributed by atoms with van der Waals surface area (Å²) in [6, 6.07) is 48.1. The molecule has 0 unspecified atom stereocenters. The Morgan fingerprint density at radius 2 is 1.29 bits per heavy atom. The highest BCUT2D eigenvalue weighted by molar-refractivity contribution is 6.17. The van der Waals surface area contributed by atoms with Crippen LogP contribution in [0, 0.1) is 0 Å². The van der Waals surface area contributed by atoms with E-state index >= 15 is 0 Å². The molecule has 0 atom stereocenters. The van der Waals surface area contributed by atoms with Gasteiger partial charge < -0.3 is 13.6 Å². The topological polar surface area (TPSA) is 23.0 Å². The number of rotatable bonds is 3. The molecule has 0 N–H and O–H groups in total. The molecule has 0 amide bonds. The Morgan fingerprint density at radius 1 is 0.511 bits per heavy atom. The molecular formula is C42H28N2O. The van der Waals surface area contributed by atoms with Crippen LogP contribution in [0.4, 0.5) is 0 Å². The van der Waals surface area contributed by atoms with E-state index in [1.54, 1.807) is 0 Å². The van der Waals surface area contributed by atoms with E-state index in [9.17, 15) is 0 Å². The highest BCUT2D eigenvalue weighted by atomic mass is 16.3. The molecule has 0 saturated heterocycles. The Morgan fingerprint density at radius 3 is 2.18 bits per heavy atom. The number of hydrogen-bond acceptors (Lipinski definition) is 1. The van der Waals surface area contributed by atoms with Crippen LogP contribution in [0.1, 0.15) is 17.7 Å². The van der Waals surface area contributed by atoms with E-state index in [1.165, 1.54) is 60.8 Å². The van der Waals surface area contributed by atoms with E-state index in [0.29, 0.717) is 0 Å². The zero-order valence-electron chi connectivity index (χ0n) is 24.6. The molecular weight excluding hydrogens is 548 g/mol. The van der Waals surface area contributed by atoms with Crippen molar-refractivity contribution in [1.29, 1.82) is 0 Å². The SMILES string of the molecule is C1=Cc2c(c3c4oc5ccc(-n6c7ccccc7c7cc(-c8ccccc8)ccc76)cc5c4ccc3n2-c2ccccc2)CC1. The first kappa shape index (κ1) is 24.6. The fraction of sp³-hybridized carbons (Fsp3) is 0.0476. The zero-order valence-corrected chi connectivity index (χ0v) is 24.6. The van der Waals surface area contributed by atoms with Gasteiger partial charge in [0.15, 0.2) is 0 Å². The maximum atomic E-state index is 6.75. The van der Waals surface area contributed by atoms with Crippen LogP contribution in [0.3, 0.4) is 0 Å². The van der Waals surface area contributed by atoms with Crippen molar-refractivity contribution in [3.05, 3.63) is 151 Å². The number of allylic oxidation sites excluding steroid dienone is 1. The molecule has 0 bridgehead atoms. The minimum absolute atomic E-state index is 0.918. The first-order valence-electron chi connectivity index (χ1n) is 15.7. The molecule has 0 saturated carbocycles. The van der Waals surface area contributed by atoms with Crippen molar-refractivity contribution in [1.82, 2.24) is 9.13 Å². The fourth-order valence-electron chi connectivity index (χ4n) is 7.59. The molecule has 0 aliphatic heterocycles. The zero-order chi connectivity index (χ0) is 29.5. The number of hydrogen-bond donors (Lipinski definition) is 0. The lowest BCUT2D eigenvalue weighted by atomic mass is 9.99. The molecule has 212 valence electrons. The maximum absolute atomic E-state index is 6.75. The van der Waals surface area contributed by atoms with E-state index in [0.717, 1.165) is 40.5 Å². The standard InChI is InChI=1S/C42H28N2O/c1-3-11-27(12-4-1)28-19-22-38-34(25-28)31-15-7-9-17-36(31)44(38)30-20-24-40-35(26-30)32-21-23-39-41(42(32)45-40)33-16-8-10-18-37(33)43(39)29-13-5-2-6-14-29/h1-7,9-15,17-26H,8,16H2. The summed E-state index contributed by atoms with van der Waals surface area (Å²) in [5, 5.41) is 6.05. The monoisotopic (exact) mass is 576 g/mol. The summed E-state index contributed by atoms with van der Waals surface area (Å²) in [6.07, 6.45) is 6.62. The normalized spacial score (nSPS) is 13.1. The van der Waals surface area contributed by atoms with Crippen molar-refractivity contribution in [2.75, 3.05) is 0 Å². The summed E-state index contributed by atoms with van der Waals surface area (Å²) in [5.74, 6) is 0. The first-order chi connectivity index (χ1) is 22.3. The van der Waals surface area contributed by atoms with Gasteiger partial charge in [0, 0.05) is 44.0 Å². The number of fused-ring (bicyclic) bond motifs is 10. The van der Waals surface area contributed by atoms with Gasteiger partial charge in [-0.3, -0.25) is 0 Å². The van der Waals surface area contributed by atoms with Crippen molar-refractivity contribution < 1.29 is 4.42 Å². The Hall–Kier alpha value is -5.80. The van der Waals surface area contributed by atoms with Crippen molar-refractivity contribution in [2.24, 2.45) is 0 Å². The highest BCUT2D eigenvalue weighted by Crippen LogP contribution is 2.42. The predicted molar refractivity (Wildman–Crippen MR) is 188 cm³/mol. The van der Waals surface area contributed by atoms with Crippen LogP contribution in [0.25, 0.3) is 83.2 Å². The lowest BCUT2D eigenvalue weighted by Crippen LogP contribution is -1.99. The third-order valence-electron chi connectivity index (χ3n) is 9.58. The van der Waals surface area contributed by atoms with E-state index in [-0.39, 0.29) is 0 Å². The van der Waals surface area contributed by atoms with Gasteiger partial charge >= 0.3 is 0 Å². The van der Waals surface area contributed by atoms with E-state index in [2.05, 4.69) is 155 Å². The number of aromatic nitrogens is 2. The minimum Gasteiger partial charge on any atom is -0.455 e. The van der Waals surface area contributed by atoms with Crippen molar-refractivity contribution in [3.8, 4) is 22.5 Å². The smallest absolute Gasteiger partial charge is 0.145 e. The van der Waals surface area contributed by atoms with Gasteiger partial charge in [-0.05, 0) is 96.3 Å². The molecule has 3 nitrogen and oxygen atoms in total. The molecule has 45 heavy (non-hydrogen) atoms. The number of benzene rings is 6. The first-order valence-corrected chi connectivity index (χ1v) is 15.7. The van der Waals surface area contributed by atoms with E-state index in [1.807, 2.05) is 0 Å². The second-order valence-corrected chi connectivity index (χ2v) is 12.0. The molecule has 10 rings (SSSR count). The molecule has 3 aromatic heterocycles. The van der Waals surface area contributed by atoms with Crippen molar-refractivity contribution in [2.45, 2.75) is 12.8 Å². The van der Waals surface area contributed by atoms with Crippen molar-refractivity contribution in [3.63, 3.8) is 0 Å². The minimum atomic E-state index is 0.918. The molecule has 9 aromatic rings. The van der Waals surface area contributed by atoms with Gasteiger partial charge in [-0.1, -0.05) is 78.9 Å². The Labute approximate surface area is 259 Å². The van der Waals surface area contributed by atoms with Gasteiger partial charge in [0.25, 0.3) is 0 Å². The van der Waals surface area contributed by atoms with Gasteiger partial charge in [0.2, 0.25) is 0 Å². The Kier molecular flexibility index (Phi) is 5.11. The van der Waals surface area contributed by atoms with Crippen LogP contribution < -0.4 is 0 Å². The average molecular weight is 577 g/mol. The van der Waals surface area contributed by atoms with Gasteiger partial charge in [0.05, 0.1) is 16.6 Å². The van der Waals surface area contributed by atoms with Crippen LogP contribution >= 0.6 is 0 Å². The van der Waals surface area contributed by atoms with Crippen LogP contribution in [0.5, 0.6) is 0 Å². The Bertz CT molecular complexity index is 2630. The number of para-hydroxylation sites is 2. The van der Waals surface area contributed by atoms with Crippen LogP contribution in [-0.4, -0.2) is 9.13 Å². The van der Waals surface area contributed by atoms with E-state index in [4.69, 9.17) is 4.42 Å². The van der Waals surface area contributed by atoms with Gasteiger partial charge in [-0.2, -0.15) is 0 Å².